The highest BCUT2D eigenvalue weighted by molar-refractivity contribution is 6.33. The molecule has 3 rings (SSSR count). The largest absolute Gasteiger partial charge is 0.497 e. The van der Waals surface area contributed by atoms with Gasteiger partial charge in [0.15, 0.2) is 5.82 Å². The zero-order valence-electron chi connectivity index (χ0n) is 15.7. The van der Waals surface area contributed by atoms with Crippen LogP contribution in [0.3, 0.4) is 0 Å². The van der Waals surface area contributed by atoms with Crippen molar-refractivity contribution in [2.45, 2.75) is 13.8 Å². The van der Waals surface area contributed by atoms with Crippen molar-refractivity contribution >= 4 is 40.4 Å². The fourth-order valence-electron chi connectivity index (χ4n) is 2.68. The molecule has 7 heteroatoms. The van der Waals surface area contributed by atoms with Crippen LogP contribution >= 0.6 is 11.6 Å². The van der Waals surface area contributed by atoms with Gasteiger partial charge in [-0.3, -0.25) is 0 Å². The van der Waals surface area contributed by atoms with E-state index in [0.29, 0.717) is 16.8 Å². The van der Waals surface area contributed by atoms with E-state index in [0.717, 1.165) is 28.4 Å². The summed E-state index contributed by atoms with van der Waals surface area (Å²) < 4.78 is 5.26. The Morgan fingerprint density at radius 1 is 0.963 bits per heavy atom. The van der Waals surface area contributed by atoms with Gasteiger partial charge in [0.05, 0.1) is 24.7 Å². The first-order valence-corrected chi connectivity index (χ1v) is 8.87. The minimum atomic E-state index is 0.430. The minimum Gasteiger partial charge on any atom is -0.497 e. The predicted octanol–water partition coefficient (Wildman–Crippen LogP) is 5.28. The Hall–Kier alpha value is -2.99. The van der Waals surface area contributed by atoms with Crippen LogP contribution in [0.25, 0.3) is 0 Å². The number of benzene rings is 2. The quantitative estimate of drug-likeness (QED) is 0.537. The summed E-state index contributed by atoms with van der Waals surface area (Å²) in [5.41, 5.74) is 4.98. The van der Waals surface area contributed by atoms with Gasteiger partial charge in [-0.25, -0.2) is 4.98 Å². The van der Waals surface area contributed by atoms with E-state index < -0.39 is 0 Å². The molecule has 140 valence electrons. The number of nitrogens with zero attached hydrogens (tertiary/aromatic N) is 2. The van der Waals surface area contributed by atoms with Gasteiger partial charge in [0.25, 0.3) is 0 Å². The summed E-state index contributed by atoms with van der Waals surface area (Å²) in [6.45, 7) is 4.10. The van der Waals surface area contributed by atoms with Gasteiger partial charge in [-0.1, -0.05) is 29.3 Å². The molecular formula is C20H22ClN5O. The van der Waals surface area contributed by atoms with Crippen LogP contribution in [0.1, 0.15) is 11.1 Å². The molecule has 1 aromatic heterocycles. The standard InChI is InChI=1S/C20H22ClN5O/c1-12-5-7-16(13(2)9-12)25-20-23-11-15(21)19(26-20)24-17-8-6-14(27-4)10-18(17)22-3/h5-11,22H,1-4H3,(H2,23,24,25,26). The maximum atomic E-state index is 6.29. The molecule has 3 N–H and O–H groups in total. The van der Waals surface area contributed by atoms with Crippen LogP contribution in [0.15, 0.2) is 42.6 Å². The molecule has 0 aliphatic carbocycles. The molecule has 0 aliphatic rings. The van der Waals surface area contributed by atoms with Crippen molar-refractivity contribution in [3.8, 4) is 5.75 Å². The number of halogens is 1. The summed E-state index contributed by atoms with van der Waals surface area (Å²) in [4.78, 5) is 8.80. The molecule has 0 saturated carbocycles. The van der Waals surface area contributed by atoms with Crippen LogP contribution in [-0.4, -0.2) is 24.1 Å². The molecule has 0 spiro atoms. The van der Waals surface area contributed by atoms with Crippen LogP contribution in [0.2, 0.25) is 5.02 Å². The second-order valence-corrected chi connectivity index (χ2v) is 6.53. The van der Waals surface area contributed by atoms with Crippen molar-refractivity contribution in [3.05, 3.63) is 58.7 Å². The summed E-state index contributed by atoms with van der Waals surface area (Å²) in [6, 6.07) is 11.8. The smallest absolute Gasteiger partial charge is 0.229 e. The first-order valence-electron chi connectivity index (χ1n) is 8.50. The van der Waals surface area contributed by atoms with E-state index in [4.69, 9.17) is 16.3 Å². The monoisotopic (exact) mass is 383 g/mol. The third-order valence-electron chi connectivity index (χ3n) is 4.12. The molecule has 0 fully saturated rings. The molecule has 0 bridgehead atoms. The Kier molecular flexibility index (Phi) is 5.66. The normalized spacial score (nSPS) is 10.4. The summed E-state index contributed by atoms with van der Waals surface area (Å²) in [6.07, 6.45) is 1.57. The molecule has 0 atom stereocenters. The number of aryl methyl sites for hydroxylation is 2. The van der Waals surface area contributed by atoms with E-state index in [1.54, 1.807) is 13.3 Å². The Morgan fingerprint density at radius 2 is 1.74 bits per heavy atom. The first-order chi connectivity index (χ1) is 13.0. The lowest BCUT2D eigenvalue weighted by molar-refractivity contribution is 0.415. The third-order valence-corrected chi connectivity index (χ3v) is 4.40. The van der Waals surface area contributed by atoms with Gasteiger partial charge in [-0.05, 0) is 37.6 Å². The molecule has 0 saturated heterocycles. The van der Waals surface area contributed by atoms with E-state index in [2.05, 4.69) is 38.9 Å². The summed E-state index contributed by atoms with van der Waals surface area (Å²) in [7, 11) is 3.48. The van der Waals surface area contributed by atoms with Crippen molar-refractivity contribution in [1.82, 2.24) is 9.97 Å². The number of methoxy groups -OCH3 is 1. The highest BCUT2D eigenvalue weighted by Crippen LogP contribution is 2.32. The fraction of sp³-hybridized carbons (Fsp3) is 0.200. The molecule has 0 amide bonds. The highest BCUT2D eigenvalue weighted by Gasteiger charge is 2.10. The second-order valence-electron chi connectivity index (χ2n) is 6.12. The van der Waals surface area contributed by atoms with Gasteiger partial charge in [0.2, 0.25) is 5.95 Å². The van der Waals surface area contributed by atoms with Gasteiger partial charge in [0, 0.05) is 18.8 Å². The fourth-order valence-corrected chi connectivity index (χ4v) is 2.82. The SMILES string of the molecule is CNc1cc(OC)ccc1Nc1nc(Nc2ccc(C)cc2C)ncc1Cl. The van der Waals surface area contributed by atoms with Crippen molar-refractivity contribution in [1.29, 1.82) is 0 Å². The van der Waals surface area contributed by atoms with Crippen LogP contribution < -0.4 is 20.7 Å². The first kappa shape index (κ1) is 18.8. The van der Waals surface area contributed by atoms with Gasteiger partial charge < -0.3 is 20.7 Å². The van der Waals surface area contributed by atoms with E-state index in [1.807, 2.05) is 44.3 Å². The molecule has 1 heterocycles. The minimum absolute atomic E-state index is 0.430. The molecule has 27 heavy (non-hydrogen) atoms. The average Bonchev–Trinajstić information content (AvgIpc) is 2.66. The topological polar surface area (TPSA) is 71.1 Å². The number of ether oxygens (including phenoxy) is 1. The van der Waals surface area contributed by atoms with Gasteiger partial charge >= 0.3 is 0 Å². The second kappa shape index (κ2) is 8.14. The van der Waals surface area contributed by atoms with Crippen molar-refractivity contribution < 1.29 is 4.74 Å². The number of hydrogen-bond acceptors (Lipinski definition) is 6. The molecule has 0 unspecified atom stereocenters. The molecule has 3 aromatic rings. The Labute approximate surface area is 164 Å². The molecule has 0 aliphatic heterocycles. The summed E-state index contributed by atoms with van der Waals surface area (Å²) in [5, 5.41) is 10.1. The number of nitrogens with one attached hydrogen (secondary N) is 3. The number of hydrogen-bond donors (Lipinski definition) is 3. The van der Waals surface area contributed by atoms with Gasteiger partial charge in [0.1, 0.15) is 10.8 Å². The van der Waals surface area contributed by atoms with Crippen LogP contribution in [0, 0.1) is 13.8 Å². The van der Waals surface area contributed by atoms with Gasteiger partial charge in [-0.15, -0.1) is 0 Å². The molecular weight excluding hydrogens is 362 g/mol. The van der Waals surface area contributed by atoms with Crippen molar-refractivity contribution in [3.63, 3.8) is 0 Å². The summed E-state index contributed by atoms with van der Waals surface area (Å²) in [5.74, 6) is 1.74. The molecule has 6 nitrogen and oxygen atoms in total. The predicted molar refractivity (Wildman–Crippen MR) is 112 cm³/mol. The summed E-state index contributed by atoms with van der Waals surface area (Å²) >= 11 is 6.29. The van der Waals surface area contributed by atoms with Crippen molar-refractivity contribution in [2.24, 2.45) is 0 Å². The van der Waals surface area contributed by atoms with E-state index in [1.165, 1.54) is 5.56 Å². The Balaban J connectivity index is 1.87. The zero-order valence-corrected chi connectivity index (χ0v) is 16.5. The lowest BCUT2D eigenvalue weighted by atomic mass is 10.1. The molecule has 2 aromatic carbocycles. The Bertz CT molecular complexity index is 961. The van der Waals surface area contributed by atoms with E-state index in [9.17, 15) is 0 Å². The van der Waals surface area contributed by atoms with Crippen LogP contribution in [0.5, 0.6) is 5.75 Å². The lowest BCUT2D eigenvalue weighted by Gasteiger charge is -2.15. The highest BCUT2D eigenvalue weighted by atomic mass is 35.5. The lowest BCUT2D eigenvalue weighted by Crippen LogP contribution is -2.04. The number of anilines is 5. The maximum absolute atomic E-state index is 6.29. The number of rotatable bonds is 6. The van der Waals surface area contributed by atoms with Crippen molar-refractivity contribution in [2.75, 3.05) is 30.1 Å². The van der Waals surface area contributed by atoms with E-state index >= 15 is 0 Å². The molecule has 0 radical (unpaired) electrons. The van der Waals surface area contributed by atoms with Crippen LogP contribution in [-0.2, 0) is 0 Å². The van der Waals surface area contributed by atoms with Crippen LogP contribution in [0.4, 0.5) is 28.8 Å². The zero-order chi connectivity index (χ0) is 19.4. The Morgan fingerprint density at radius 3 is 2.44 bits per heavy atom. The third kappa shape index (κ3) is 4.41. The van der Waals surface area contributed by atoms with Gasteiger partial charge in [-0.2, -0.15) is 4.98 Å². The van der Waals surface area contributed by atoms with E-state index in [-0.39, 0.29) is 0 Å². The maximum Gasteiger partial charge on any atom is 0.229 e. The average molecular weight is 384 g/mol. The number of aromatic nitrogens is 2.